The summed E-state index contributed by atoms with van der Waals surface area (Å²) in [4.78, 5) is 23.5. The van der Waals surface area contributed by atoms with Crippen molar-refractivity contribution in [2.45, 2.75) is 26.9 Å². The van der Waals surface area contributed by atoms with E-state index >= 15 is 0 Å². The second-order valence-electron chi connectivity index (χ2n) is 5.31. The Hall–Kier alpha value is -2.37. The van der Waals surface area contributed by atoms with E-state index in [4.69, 9.17) is 0 Å². The predicted molar refractivity (Wildman–Crippen MR) is 82.5 cm³/mol. The first-order valence-electron chi connectivity index (χ1n) is 7.03. The van der Waals surface area contributed by atoms with E-state index in [2.05, 4.69) is 24.3 Å². The highest BCUT2D eigenvalue weighted by molar-refractivity contribution is 5.38. The largest absolute Gasteiger partial charge is 0.383 e. The molecule has 0 fully saturated rings. The Kier molecular flexibility index (Phi) is 4.92. The SMILES string of the molecule is CC(C)CNc1cnn(CCn2ccccc2=O)c(=O)c1. The van der Waals surface area contributed by atoms with Gasteiger partial charge in [-0.15, -0.1) is 0 Å². The average Bonchev–Trinajstić information content (AvgIpc) is 2.45. The van der Waals surface area contributed by atoms with Crippen molar-refractivity contribution in [3.63, 3.8) is 0 Å². The van der Waals surface area contributed by atoms with E-state index in [1.54, 1.807) is 29.1 Å². The first kappa shape index (κ1) is 15.0. The highest BCUT2D eigenvalue weighted by Crippen LogP contribution is 2.01. The highest BCUT2D eigenvalue weighted by atomic mass is 16.1. The lowest BCUT2D eigenvalue weighted by Gasteiger charge is -2.10. The zero-order valence-corrected chi connectivity index (χ0v) is 12.3. The molecular formula is C15H20N4O2. The van der Waals surface area contributed by atoms with Gasteiger partial charge in [0.05, 0.1) is 18.4 Å². The molecule has 2 aromatic heterocycles. The van der Waals surface area contributed by atoms with Crippen LogP contribution in [0.5, 0.6) is 0 Å². The molecule has 1 N–H and O–H groups in total. The highest BCUT2D eigenvalue weighted by Gasteiger charge is 2.02. The molecule has 0 aliphatic carbocycles. The molecule has 2 rings (SSSR count). The minimum absolute atomic E-state index is 0.0826. The van der Waals surface area contributed by atoms with Gasteiger partial charge >= 0.3 is 0 Å². The maximum atomic E-state index is 12.0. The Morgan fingerprint density at radius 2 is 2.00 bits per heavy atom. The van der Waals surface area contributed by atoms with E-state index in [-0.39, 0.29) is 11.1 Å². The molecule has 112 valence electrons. The molecule has 0 spiro atoms. The summed E-state index contributed by atoms with van der Waals surface area (Å²) in [6.45, 7) is 5.78. The van der Waals surface area contributed by atoms with Gasteiger partial charge in [0.25, 0.3) is 11.1 Å². The Bertz CT molecular complexity index is 703. The lowest BCUT2D eigenvalue weighted by molar-refractivity contribution is 0.502. The molecule has 2 aromatic rings. The summed E-state index contributed by atoms with van der Waals surface area (Å²) in [5.41, 5.74) is 0.468. The number of pyridine rings is 1. The quantitative estimate of drug-likeness (QED) is 0.866. The third kappa shape index (κ3) is 4.30. The van der Waals surface area contributed by atoms with Crippen LogP contribution in [0.4, 0.5) is 5.69 Å². The third-order valence-corrected chi connectivity index (χ3v) is 3.04. The van der Waals surface area contributed by atoms with E-state index in [0.717, 1.165) is 12.2 Å². The van der Waals surface area contributed by atoms with Gasteiger partial charge in [0.1, 0.15) is 0 Å². The standard InChI is InChI=1S/C15H20N4O2/c1-12(2)10-16-13-9-15(21)19(17-11-13)8-7-18-6-4-3-5-14(18)20/h3-6,9,11-12,16H,7-8,10H2,1-2H3. The van der Waals surface area contributed by atoms with Crippen molar-refractivity contribution < 1.29 is 0 Å². The molecule has 0 saturated carbocycles. The van der Waals surface area contributed by atoms with Crippen LogP contribution in [0.15, 0.2) is 46.2 Å². The number of hydrogen-bond acceptors (Lipinski definition) is 4. The van der Waals surface area contributed by atoms with E-state index in [1.165, 1.54) is 16.8 Å². The molecular weight excluding hydrogens is 268 g/mol. The maximum absolute atomic E-state index is 12.0. The Labute approximate surface area is 123 Å². The van der Waals surface area contributed by atoms with Crippen LogP contribution in [0.2, 0.25) is 0 Å². The summed E-state index contributed by atoms with van der Waals surface area (Å²) in [6.07, 6.45) is 3.34. The molecule has 21 heavy (non-hydrogen) atoms. The number of nitrogens with zero attached hydrogens (tertiary/aromatic N) is 3. The first-order chi connectivity index (χ1) is 10.1. The van der Waals surface area contributed by atoms with Crippen molar-refractivity contribution in [3.05, 3.63) is 57.4 Å². The lowest BCUT2D eigenvalue weighted by atomic mass is 10.2. The molecule has 0 aliphatic heterocycles. The smallest absolute Gasteiger partial charge is 0.268 e. The van der Waals surface area contributed by atoms with Crippen LogP contribution in [0.1, 0.15) is 13.8 Å². The molecule has 2 heterocycles. The van der Waals surface area contributed by atoms with Crippen LogP contribution in [-0.2, 0) is 13.1 Å². The fourth-order valence-corrected chi connectivity index (χ4v) is 1.87. The molecule has 0 amide bonds. The lowest BCUT2D eigenvalue weighted by Crippen LogP contribution is -2.27. The molecule has 0 atom stereocenters. The molecule has 6 nitrogen and oxygen atoms in total. The van der Waals surface area contributed by atoms with Gasteiger partial charge in [-0.3, -0.25) is 9.59 Å². The summed E-state index contributed by atoms with van der Waals surface area (Å²) < 4.78 is 2.92. The predicted octanol–water partition coefficient (Wildman–Crippen LogP) is 1.17. The van der Waals surface area contributed by atoms with Crippen LogP contribution >= 0.6 is 0 Å². The zero-order valence-electron chi connectivity index (χ0n) is 12.3. The second kappa shape index (κ2) is 6.88. The van der Waals surface area contributed by atoms with Crippen LogP contribution < -0.4 is 16.4 Å². The number of nitrogens with one attached hydrogen (secondary N) is 1. The fourth-order valence-electron chi connectivity index (χ4n) is 1.87. The summed E-state index contributed by atoms with van der Waals surface area (Å²) >= 11 is 0. The number of anilines is 1. The van der Waals surface area contributed by atoms with Crippen molar-refractivity contribution in [3.8, 4) is 0 Å². The van der Waals surface area contributed by atoms with Crippen LogP contribution in [0.3, 0.4) is 0 Å². The Morgan fingerprint density at radius 1 is 1.19 bits per heavy atom. The molecule has 0 bridgehead atoms. The number of hydrogen-bond donors (Lipinski definition) is 1. The van der Waals surface area contributed by atoms with Crippen molar-refractivity contribution in [2.75, 3.05) is 11.9 Å². The second-order valence-corrected chi connectivity index (χ2v) is 5.31. The zero-order chi connectivity index (χ0) is 15.2. The average molecular weight is 288 g/mol. The van der Waals surface area contributed by atoms with Crippen molar-refractivity contribution in [1.82, 2.24) is 14.3 Å². The molecule has 0 aromatic carbocycles. The maximum Gasteiger partial charge on any atom is 0.268 e. The summed E-state index contributed by atoms with van der Waals surface area (Å²) in [7, 11) is 0. The fraction of sp³-hybridized carbons (Fsp3) is 0.400. The minimum atomic E-state index is -0.173. The number of rotatable bonds is 6. The molecule has 0 saturated heterocycles. The van der Waals surface area contributed by atoms with Gasteiger partial charge in [0, 0.05) is 31.4 Å². The van der Waals surface area contributed by atoms with Gasteiger partial charge in [0.2, 0.25) is 0 Å². The summed E-state index contributed by atoms with van der Waals surface area (Å²) in [5.74, 6) is 0.498. The number of aryl methyl sites for hydroxylation is 2. The first-order valence-corrected chi connectivity index (χ1v) is 7.03. The van der Waals surface area contributed by atoms with Gasteiger partial charge in [-0.2, -0.15) is 5.10 Å². The van der Waals surface area contributed by atoms with Gasteiger partial charge < -0.3 is 9.88 Å². The van der Waals surface area contributed by atoms with Gasteiger partial charge in [-0.05, 0) is 12.0 Å². The topological polar surface area (TPSA) is 68.9 Å². The van der Waals surface area contributed by atoms with E-state index in [0.29, 0.717) is 19.0 Å². The third-order valence-electron chi connectivity index (χ3n) is 3.04. The van der Waals surface area contributed by atoms with Crippen LogP contribution in [0.25, 0.3) is 0 Å². The van der Waals surface area contributed by atoms with Gasteiger partial charge in [-0.1, -0.05) is 19.9 Å². The summed E-state index contributed by atoms with van der Waals surface area (Å²) in [6, 6.07) is 6.51. The normalized spacial score (nSPS) is 10.8. The molecule has 0 radical (unpaired) electrons. The van der Waals surface area contributed by atoms with Crippen molar-refractivity contribution >= 4 is 5.69 Å². The van der Waals surface area contributed by atoms with E-state index in [9.17, 15) is 9.59 Å². The van der Waals surface area contributed by atoms with Crippen LogP contribution in [-0.4, -0.2) is 20.9 Å². The van der Waals surface area contributed by atoms with Crippen molar-refractivity contribution in [2.24, 2.45) is 5.92 Å². The van der Waals surface area contributed by atoms with Crippen molar-refractivity contribution in [1.29, 1.82) is 0 Å². The molecule has 0 unspecified atom stereocenters. The Morgan fingerprint density at radius 3 is 2.67 bits per heavy atom. The molecule has 0 aliphatic rings. The van der Waals surface area contributed by atoms with Gasteiger partial charge in [0.15, 0.2) is 0 Å². The molecule has 6 heteroatoms. The van der Waals surface area contributed by atoms with E-state index in [1.807, 2.05) is 0 Å². The Balaban J connectivity index is 2.03. The van der Waals surface area contributed by atoms with E-state index < -0.39 is 0 Å². The van der Waals surface area contributed by atoms with Crippen LogP contribution in [0, 0.1) is 5.92 Å². The monoisotopic (exact) mass is 288 g/mol. The minimum Gasteiger partial charge on any atom is -0.383 e. The van der Waals surface area contributed by atoms with Gasteiger partial charge in [-0.25, -0.2) is 4.68 Å². The summed E-state index contributed by atoms with van der Waals surface area (Å²) in [5, 5.41) is 7.29. The number of aromatic nitrogens is 3.